The molecular formula is C20H24FN3O3. The molecule has 0 unspecified atom stereocenters. The van der Waals surface area contributed by atoms with Gasteiger partial charge in [-0.15, -0.1) is 0 Å². The van der Waals surface area contributed by atoms with Crippen molar-refractivity contribution in [3.63, 3.8) is 0 Å². The molecule has 1 N–H and O–H groups in total. The van der Waals surface area contributed by atoms with Crippen molar-refractivity contribution in [3.05, 3.63) is 53.6 Å². The van der Waals surface area contributed by atoms with E-state index in [1.165, 1.54) is 25.3 Å². The zero-order valence-electron chi connectivity index (χ0n) is 15.4. The van der Waals surface area contributed by atoms with Crippen molar-refractivity contribution in [1.29, 1.82) is 0 Å². The molecule has 6 nitrogen and oxygen atoms in total. The van der Waals surface area contributed by atoms with Crippen molar-refractivity contribution < 1.29 is 18.7 Å². The molecular weight excluding hydrogens is 349 g/mol. The monoisotopic (exact) mass is 373 g/mol. The molecule has 27 heavy (non-hydrogen) atoms. The van der Waals surface area contributed by atoms with Crippen LogP contribution < -0.4 is 4.74 Å². The molecule has 2 amide bonds. The van der Waals surface area contributed by atoms with E-state index in [9.17, 15) is 14.0 Å². The Kier molecular flexibility index (Phi) is 6.11. The average molecular weight is 373 g/mol. The van der Waals surface area contributed by atoms with Gasteiger partial charge in [-0.2, -0.15) is 0 Å². The molecule has 0 atom stereocenters. The number of aromatic amines is 1. The summed E-state index contributed by atoms with van der Waals surface area (Å²) in [6.07, 6.45) is 2.94. The van der Waals surface area contributed by atoms with Crippen LogP contribution in [-0.4, -0.2) is 59.9 Å². The summed E-state index contributed by atoms with van der Waals surface area (Å²) in [6, 6.07) is 7.93. The van der Waals surface area contributed by atoms with Crippen LogP contribution in [0.25, 0.3) is 0 Å². The number of aromatic nitrogens is 1. The van der Waals surface area contributed by atoms with Crippen LogP contribution in [0.15, 0.2) is 36.5 Å². The summed E-state index contributed by atoms with van der Waals surface area (Å²) in [7, 11) is 1.50. The summed E-state index contributed by atoms with van der Waals surface area (Å²) in [5.41, 5.74) is 1.42. The number of methoxy groups -OCH3 is 1. The highest BCUT2D eigenvalue weighted by Crippen LogP contribution is 2.21. The van der Waals surface area contributed by atoms with Crippen molar-refractivity contribution in [1.82, 2.24) is 14.8 Å². The molecule has 0 bridgehead atoms. The van der Waals surface area contributed by atoms with Crippen LogP contribution in [0, 0.1) is 5.82 Å². The number of rotatable bonds is 5. The molecule has 2 heterocycles. The second-order valence-electron chi connectivity index (χ2n) is 6.62. The first-order chi connectivity index (χ1) is 13.1. The fourth-order valence-corrected chi connectivity index (χ4v) is 3.33. The van der Waals surface area contributed by atoms with Gasteiger partial charge in [-0.25, -0.2) is 4.39 Å². The van der Waals surface area contributed by atoms with Crippen LogP contribution in [0.3, 0.4) is 0 Å². The van der Waals surface area contributed by atoms with Crippen molar-refractivity contribution in [3.8, 4) is 5.75 Å². The first-order valence-corrected chi connectivity index (χ1v) is 9.07. The average Bonchev–Trinajstić information content (AvgIpc) is 3.02. The van der Waals surface area contributed by atoms with Crippen molar-refractivity contribution in [2.75, 3.05) is 33.3 Å². The van der Waals surface area contributed by atoms with Crippen LogP contribution in [0.5, 0.6) is 5.75 Å². The lowest BCUT2D eigenvalue weighted by atomic mass is 10.1. The molecule has 7 heteroatoms. The van der Waals surface area contributed by atoms with Gasteiger partial charge in [-0.3, -0.25) is 9.59 Å². The Bertz CT molecular complexity index is 792. The lowest BCUT2D eigenvalue weighted by molar-refractivity contribution is -0.132. The standard InChI is InChI=1S/C20H24FN3O3/c1-27-18-6-5-16(21)12-15(18)13-19(25)23-8-3-9-24(11-10-23)20(26)14-17-4-2-7-22-17/h2,4-7,12,22H,3,8-11,13-14H2,1H3. The van der Waals surface area contributed by atoms with E-state index in [0.717, 1.165) is 12.1 Å². The zero-order chi connectivity index (χ0) is 19.2. The third-order valence-electron chi connectivity index (χ3n) is 4.79. The molecule has 0 radical (unpaired) electrons. The number of benzene rings is 1. The summed E-state index contributed by atoms with van der Waals surface area (Å²) < 4.78 is 18.7. The highest BCUT2D eigenvalue weighted by atomic mass is 19.1. The number of ether oxygens (including phenoxy) is 1. The second-order valence-corrected chi connectivity index (χ2v) is 6.62. The molecule has 1 aliphatic rings. The van der Waals surface area contributed by atoms with Gasteiger partial charge in [0.1, 0.15) is 11.6 Å². The topological polar surface area (TPSA) is 65.6 Å². The Morgan fingerprint density at radius 1 is 1.07 bits per heavy atom. The van der Waals surface area contributed by atoms with Gasteiger partial charge in [0, 0.05) is 43.6 Å². The van der Waals surface area contributed by atoms with Crippen LogP contribution in [0.4, 0.5) is 4.39 Å². The molecule has 1 aliphatic heterocycles. The minimum absolute atomic E-state index is 0.0542. The van der Waals surface area contributed by atoms with Crippen molar-refractivity contribution >= 4 is 11.8 Å². The fourth-order valence-electron chi connectivity index (χ4n) is 3.33. The Morgan fingerprint density at radius 3 is 2.41 bits per heavy atom. The van der Waals surface area contributed by atoms with Crippen LogP contribution in [0.1, 0.15) is 17.7 Å². The SMILES string of the molecule is COc1ccc(F)cc1CC(=O)N1CCCN(C(=O)Cc2ccc[nH]2)CC1. The van der Waals surface area contributed by atoms with E-state index in [1.807, 2.05) is 12.1 Å². The predicted octanol–water partition coefficient (Wildman–Crippen LogP) is 2.01. The van der Waals surface area contributed by atoms with Crippen LogP contribution in [0.2, 0.25) is 0 Å². The van der Waals surface area contributed by atoms with Gasteiger partial charge in [0.25, 0.3) is 0 Å². The minimum atomic E-state index is -0.393. The molecule has 144 valence electrons. The lowest BCUT2D eigenvalue weighted by Gasteiger charge is -2.22. The Morgan fingerprint density at radius 2 is 1.78 bits per heavy atom. The van der Waals surface area contributed by atoms with Gasteiger partial charge in [0.05, 0.1) is 20.0 Å². The van der Waals surface area contributed by atoms with Crippen molar-refractivity contribution in [2.45, 2.75) is 19.3 Å². The van der Waals surface area contributed by atoms with Gasteiger partial charge in [0.2, 0.25) is 11.8 Å². The summed E-state index contributed by atoms with van der Waals surface area (Å²) in [5, 5.41) is 0. The first-order valence-electron chi connectivity index (χ1n) is 9.07. The zero-order valence-corrected chi connectivity index (χ0v) is 15.4. The third kappa shape index (κ3) is 4.87. The Hall–Kier alpha value is -2.83. The number of H-pyrrole nitrogens is 1. The van der Waals surface area contributed by atoms with Crippen LogP contribution >= 0.6 is 0 Å². The number of nitrogens with one attached hydrogen (secondary N) is 1. The molecule has 0 aliphatic carbocycles. The molecule has 3 rings (SSSR count). The summed E-state index contributed by atoms with van der Waals surface area (Å²) in [5.74, 6) is 0.0778. The van der Waals surface area contributed by atoms with E-state index < -0.39 is 5.82 Å². The largest absolute Gasteiger partial charge is 0.496 e. The molecule has 1 aromatic heterocycles. The highest BCUT2D eigenvalue weighted by Gasteiger charge is 2.23. The van der Waals surface area contributed by atoms with E-state index in [-0.39, 0.29) is 18.2 Å². The number of nitrogens with zero attached hydrogens (tertiary/aromatic N) is 2. The van der Waals surface area contributed by atoms with E-state index in [1.54, 1.807) is 16.0 Å². The Labute approximate surface area is 157 Å². The van der Waals surface area contributed by atoms with E-state index in [0.29, 0.717) is 43.9 Å². The van der Waals surface area contributed by atoms with Gasteiger partial charge in [-0.05, 0) is 36.8 Å². The number of carbonyl (C=O) groups excluding carboxylic acids is 2. The Balaban J connectivity index is 1.58. The van der Waals surface area contributed by atoms with Crippen LogP contribution in [-0.2, 0) is 22.4 Å². The van der Waals surface area contributed by atoms with Gasteiger partial charge >= 0.3 is 0 Å². The van der Waals surface area contributed by atoms with E-state index in [4.69, 9.17) is 4.74 Å². The predicted molar refractivity (Wildman–Crippen MR) is 98.9 cm³/mol. The second kappa shape index (κ2) is 8.70. The van der Waals surface area contributed by atoms with E-state index >= 15 is 0 Å². The first kappa shape index (κ1) is 18.9. The highest BCUT2D eigenvalue weighted by molar-refractivity contribution is 5.80. The van der Waals surface area contributed by atoms with Gasteiger partial charge in [0.15, 0.2) is 0 Å². The maximum absolute atomic E-state index is 13.5. The van der Waals surface area contributed by atoms with Gasteiger partial charge in [-0.1, -0.05) is 0 Å². The summed E-state index contributed by atoms with van der Waals surface area (Å²) in [6.45, 7) is 2.20. The molecule has 0 saturated carbocycles. The number of hydrogen-bond acceptors (Lipinski definition) is 3. The number of halogens is 1. The fraction of sp³-hybridized carbons (Fsp3) is 0.400. The third-order valence-corrected chi connectivity index (χ3v) is 4.79. The molecule has 1 aromatic carbocycles. The molecule has 0 spiro atoms. The number of amides is 2. The minimum Gasteiger partial charge on any atom is -0.496 e. The van der Waals surface area contributed by atoms with Crippen molar-refractivity contribution in [2.24, 2.45) is 0 Å². The van der Waals surface area contributed by atoms with E-state index in [2.05, 4.69) is 4.98 Å². The molecule has 2 aromatic rings. The summed E-state index contributed by atoms with van der Waals surface area (Å²) >= 11 is 0. The normalized spacial score (nSPS) is 14.7. The smallest absolute Gasteiger partial charge is 0.228 e. The van der Waals surface area contributed by atoms with Gasteiger partial charge < -0.3 is 19.5 Å². The lowest BCUT2D eigenvalue weighted by Crippen LogP contribution is -2.38. The number of carbonyl (C=O) groups is 2. The molecule has 1 fully saturated rings. The maximum atomic E-state index is 13.5. The number of hydrogen-bond donors (Lipinski definition) is 1. The maximum Gasteiger partial charge on any atom is 0.228 e. The molecule has 1 saturated heterocycles. The quantitative estimate of drug-likeness (QED) is 0.872. The summed E-state index contributed by atoms with van der Waals surface area (Å²) in [4.78, 5) is 31.7.